The summed E-state index contributed by atoms with van der Waals surface area (Å²) in [6, 6.07) is 0. The SMILES string of the molecule is O=C(O)CCC[AsH2]. The second kappa shape index (κ2) is 4.19. The van der Waals surface area contributed by atoms with Crippen LogP contribution in [0.1, 0.15) is 12.8 Å². The van der Waals surface area contributed by atoms with Crippen LogP contribution in [0.5, 0.6) is 0 Å². The van der Waals surface area contributed by atoms with Crippen molar-refractivity contribution in [1.29, 1.82) is 0 Å². The van der Waals surface area contributed by atoms with Gasteiger partial charge in [-0.2, -0.15) is 0 Å². The zero-order valence-electron chi connectivity index (χ0n) is 4.05. The molecule has 0 aliphatic rings. The van der Waals surface area contributed by atoms with Gasteiger partial charge in [-0.15, -0.1) is 0 Å². The summed E-state index contributed by atoms with van der Waals surface area (Å²) in [4.78, 5) is 9.77. The molecule has 0 rings (SSSR count). The van der Waals surface area contributed by atoms with Gasteiger partial charge in [0.15, 0.2) is 0 Å². The summed E-state index contributed by atoms with van der Waals surface area (Å²) in [6.45, 7) is 0. The van der Waals surface area contributed by atoms with E-state index in [1.807, 2.05) is 0 Å². The van der Waals surface area contributed by atoms with Crippen LogP contribution >= 0.6 is 0 Å². The second-order valence-corrected chi connectivity index (χ2v) is 2.50. The van der Waals surface area contributed by atoms with E-state index in [9.17, 15) is 4.79 Å². The Kier molecular flexibility index (Phi) is 4.21. The summed E-state index contributed by atoms with van der Waals surface area (Å²) < 4.78 is 0. The van der Waals surface area contributed by atoms with Crippen LogP contribution in [0.4, 0.5) is 0 Å². The van der Waals surface area contributed by atoms with Crippen LogP contribution in [0.15, 0.2) is 0 Å². The first-order valence-electron chi connectivity index (χ1n) is 2.19. The molecule has 1 unspecified atom stereocenters. The summed E-state index contributed by atoms with van der Waals surface area (Å²) in [6.07, 6.45) is 1.16. The van der Waals surface area contributed by atoms with E-state index in [2.05, 4.69) is 0 Å². The van der Waals surface area contributed by atoms with Crippen molar-refractivity contribution in [2.24, 2.45) is 0 Å². The quantitative estimate of drug-likeness (QED) is 0.591. The molecule has 0 spiro atoms. The molecule has 0 bridgehead atoms. The molecule has 0 aromatic heterocycles. The summed E-state index contributed by atoms with van der Waals surface area (Å²) in [7, 11) is 0. The van der Waals surface area contributed by atoms with Crippen molar-refractivity contribution in [3.05, 3.63) is 0 Å². The van der Waals surface area contributed by atoms with Crippen LogP contribution in [0, 0.1) is 0 Å². The number of rotatable bonds is 3. The Bertz CT molecular complexity index is 62.7. The third kappa shape index (κ3) is 6.03. The topological polar surface area (TPSA) is 37.3 Å². The zero-order chi connectivity index (χ0) is 5.70. The van der Waals surface area contributed by atoms with Gasteiger partial charge in [-0.3, -0.25) is 0 Å². The molecule has 42 valence electrons. The predicted octanol–water partition coefficient (Wildman–Crippen LogP) is -0.0974. The van der Waals surface area contributed by atoms with E-state index >= 15 is 0 Å². The van der Waals surface area contributed by atoms with Gasteiger partial charge in [0, 0.05) is 0 Å². The van der Waals surface area contributed by atoms with Gasteiger partial charge in [0.05, 0.1) is 0 Å². The van der Waals surface area contributed by atoms with Gasteiger partial charge in [-0.25, -0.2) is 0 Å². The molecule has 0 aliphatic carbocycles. The summed E-state index contributed by atoms with van der Waals surface area (Å²) in [5, 5.41) is 9.08. The van der Waals surface area contributed by atoms with Crippen LogP contribution in [-0.2, 0) is 4.79 Å². The van der Waals surface area contributed by atoms with Crippen molar-refractivity contribution in [1.82, 2.24) is 0 Å². The monoisotopic (exact) mass is 164 g/mol. The first-order chi connectivity index (χ1) is 3.27. The predicted molar refractivity (Wildman–Crippen MR) is 30.2 cm³/mol. The molecule has 0 heterocycles. The van der Waals surface area contributed by atoms with E-state index in [1.54, 1.807) is 16.9 Å². The van der Waals surface area contributed by atoms with E-state index in [0.29, 0.717) is 6.42 Å². The number of hydrogen-bond donors (Lipinski definition) is 1. The number of aliphatic carboxylic acids is 1. The first kappa shape index (κ1) is 7.03. The Hall–Kier alpha value is 0.0284. The van der Waals surface area contributed by atoms with Gasteiger partial charge >= 0.3 is 50.8 Å². The average molecular weight is 164 g/mol. The normalized spacial score (nSPS) is 8.71. The molecular formula is C4H9AsO2. The maximum atomic E-state index is 9.77. The molecule has 0 fully saturated rings. The summed E-state index contributed by atoms with van der Waals surface area (Å²) >= 11 is 1.60. The standard InChI is InChI=1S/C4H9AsO2/c5-3-1-2-4(6)7/h1-3,5H2,(H,6,7). The molecule has 0 saturated carbocycles. The average Bonchev–Trinajstić information content (AvgIpc) is 1.61. The van der Waals surface area contributed by atoms with Crippen molar-refractivity contribution in [3.8, 4) is 0 Å². The molecule has 3 heteroatoms. The molecule has 0 radical (unpaired) electrons. The van der Waals surface area contributed by atoms with Crippen molar-refractivity contribution in [2.75, 3.05) is 0 Å². The molecule has 0 aromatic carbocycles. The van der Waals surface area contributed by atoms with E-state index in [4.69, 9.17) is 5.11 Å². The molecule has 0 amide bonds. The van der Waals surface area contributed by atoms with E-state index < -0.39 is 5.97 Å². The second-order valence-electron chi connectivity index (χ2n) is 1.29. The fourth-order valence-electron chi connectivity index (χ4n) is 0.253. The molecular weight excluding hydrogens is 155 g/mol. The summed E-state index contributed by atoms with van der Waals surface area (Å²) in [5.41, 5.74) is 0. The minimum absolute atomic E-state index is 0.332. The van der Waals surface area contributed by atoms with Crippen LogP contribution in [0.3, 0.4) is 0 Å². The zero-order valence-corrected chi connectivity index (χ0v) is 6.48. The Balaban J connectivity index is 2.82. The van der Waals surface area contributed by atoms with Gasteiger partial charge in [-0.05, 0) is 0 Å². The molecule has 1 atom stereocenters. The minimum atomic E-state index is -0.683. The van der Waals surface area contributed by atoms with Crippen LogP contribution in [0.2, 0.25) is 5.21 Å². The number of carbonyl (C=O) groups is 1. The summed E-state index contributed by atoms with van der Waals surface area (Å²) in [5.74, 6) is -0.683. The molecule has 7 heavy (non-hydrogen) atoms. The third-order valence-corrected chi connectivity index (χ3v) is 1.45. The van der Waals surface area contributed by atoms with Gasteiger partial charge in [-0.1, -0.05) is 0 Å². The molecule has 0 aliphatic heterocycles. The number of carboxylic acid groups (broad SMARTS) is 1. The Morgan fingerprint density at radius 1 is 1.71 bits per heavy atom. The van der Waals surface area contributed by atoms with E-state index in [-0.39, 0.29) is 0 Å². The van der Waals surface area contributed by atoms with Gasteiger partial charge < -0.3 is 0 Å². The molecule has 2 nitrogen and oxygen atoms in total. The van der Waals surface area contributed by atoms with Crippen molar-refractivity contribution < 1.29 is 9.90 Å². The molecule has 0 saturated heterocycles. The first-order valence-corrected chi connectivity index (χ1v) is 3.90. The molecule has 0 aromatic rings. The number of carboxylic acids is 1. The Morgan fingerprint density at radius 3 is 2.43 bits per heavy atom. The fraction of sp³-hybridized carbons (Fsp3) is 0.750. The van der Waals surface area contributed by atoms with Crippen LogP contribution < -0.4 is 0 Å². The molecule has 1 N–H and O–H groups in total. The van der Waals surface area contributed by atoms with Crippen LogP contribution in [-0.4, -0.2) is 27.9 Å². The Morgan fingerprint density at radius 2 is 2.29 bits per heavy atom. The third-order valence-electron chi connectivity index (χ3n) is 0.595. The van der Waals surface area contributed by atoms with Crippen LogP contribution in [0.25, 0.3) is 0 Å². The van der Waals surface area contributed by atoms with Gasteiger partial charge in [0.25, 0.3) is 0 Å². The van der Waals surface area contributed by atoms with Gasteiger partial charge in [0.1, 0.15) is 0 Å². The van der Waals surface area contributed by atoms with Crippen molar-refractivity contribution in [3.63, 3.8) is 0 Å². The van der Waals surface area contributed by atoms with Gasteiger partial charge in [0.2, 0.25) is 0 Å². The maximum absolute atomic E-state index is 9.77. The Labute approximate surface area is 51.4 Å². The van der Waals surface area contributed by atoms with E-state index in [1.165, 1.54) is 0 Å². The van der Waals surface area contributed by atoms with Crippen molar-refractivity contribution in [2.45, 2.75) is 18.1 Å². The van der Waals surface area contributed by atoms with E-state index in [0.717, 1.165) is 11.6 Å². The fourth-order valence-corrected chi connectivity index (χ4v) is 0.682. The number of hydrogen-bond acceptors (Lipinski definition) is 1. The van der Waals surface area contributed by atoms with Crippen molar-refractivity contribution >= 4 is 22.8 Å².